The van der Waals surface area contributed by atoms with Crippen LogP contribution in [0.15, 0.2) is 18.2 Å². The second kappa shape index (κ2) is 5.36. The van der Waals surface area contributed by atoms with Crippen molar-refractivity contribution >= 4 is 29.0 Å². The molecule has 1 fully saturated rings. The topological polar surface area (TPSA) is 52.3 Å². The molecule has 0 radical (unpaired) electrons. The van der Waals surface area contributed by atoms with Gasteiger partial charge in [0, 0.05) is 22.5 Å². The van der Waals surface area contributed by atoms with Crippen molar-refractivity contribution in [2.24, 2.45) is 11.7 Å². The van der Waals surface area contributed by atoms with Crippen molar-refractivity contribution in [3.8, 4) is 0 Å². The van der Waals surface area contributed by atoms with Crippen LogP contribution in [0.3, 0.4) is 0 Å². The lowest BCUT2D eigenvalue weighted by atomic mass is 9.94. The normalized spacial score (nSPS) is 23.9. The molecule has 0 spiro atoms. The Bertz CT molecular complexity index is 416. The molecule has 17 heavy (non-hydrogen) atoms. The molecule has 2 N–H and O–H groups in total. The summed E-state index contributed by atoms with van der Waals surface area (Å²) >= 11 is 12.0. The molecular formula is C12H13Cl2NO2. The van der Waals surface area contributed by atoms with Crippen molar-refractivity contribution in [3.05, 3.63) is 33.8 Å². The summed E-state index contributed by atoms with van der Waals surface area (Å²) in [6.07, 6.45) is 0.209. The number of halogens is 2. The predicted octanol–water partition coefficient (Wildman–Crippen LogP) is 2.08. The van der Waals surface area contributed by atoms with Gasteiger partial charge in [-0.3, -0.25) is 4.79 Å². The van der Waals surface area contributed by atoms with Gasteiger partial charge in [0.2, 0.25) is 0 Å². The van der Waals surface area contributed by atoms with Crippen molar-refractivity contribution in [1.29, 1.82) is 0 Å². The number of carbonyl (C=O) groups excluding carboxylic acids is 1. The molecule has 2 unspecified atom stereocenters. The van der Waals surface area contributed by atoms with Crippen LogP contribution in [0.25, 0.3) is 0 Å². The molecule has 2 rings (SSSR count). The summed E-state index contributed by atoms with van der Waals surface area (Å²) < 4.78 is 5.18. The number of ether oxygens (including phenoxy) is 1. The van der Waals surface area contributed by atoms with E-state index in [2.05, 4.69) is 0 Å². The molecule has 1 aromatic carbocycles. The highest BCUT2D eigenvalue weighted by atomic mass is 35.5. The maximum absolute atomic E-state index is 12.1. The summed E-state index contributed by atoms with van der Waals surface area (Å²) in [6, 6.07) is 4.98. The lowest BCUT2D eigenvalue weighted by molar-refractivity contribution is -0.122. The summed E-state index contributed by atoms with van der Waals surface area (Å²) in [5.41, 5.74) is 6.46. The highest BCUT2D eigenvalue weighted by Crippen LogP contribution is 2.26. The summed E-state index contributed by atoms with van der Waals surface area (Å²) in [7, 11) is 0. The van der Waals surface area contributed by atoms with Crippen LogP contribution in [0.2, 0.25) is 10.0 Å². The molecular weight excluding hydrogens is 261 g/mol. The predicted molar refractivity (Wildman–Crippen MR) is 67.5 cm³/mol. The van der Waals surface area contributed by atoms with E-state index in [1.807, 2.05) is 0 Å². The first kappa shape index (κ1) is 12.8. The van der Waals surface area contributed by atoms with Crippen molar-refractivity contribution in [2.75, 3.05) is 13.2 Å². The smallest absolute Gasteiger partial charge is 0.144 e. The standard InChI is InChI=1S/C12H13Cl2NO2/c13-9-2-1-3-10(14)7(9)4-12(16)8-5-17-6-11(8)15/h1-3,8,11H,4-6,15H2. The zero-order chi connectivity index (χ0) is 12.4. The first-order chi connectivity index (χ1) is 8.09. The Morgan fingerprint density at radius 1 is 1.35 bits per heavy atom. The summed E-state index contributed by atoms with van der Waals surface area (Å²) in [5.74, 6) is -0.215. The van der Waals surface area contributed by atoms with Gasteiger partial charge >= 0.3 is 0 Å². The van der Waals surface area contributed by atoms with Crippen LogP contribution >= 0.6 is 23.2 Å². The number of carbonyl (C=O) groups is 1. The monoisotopic (exact) mass is 273 g/mol. The lowest BCUT2D eigenvalue weighted by Gasteiger charge is -2.13. The molecule has 1 saturated heterocycles. The lowest BCUT2D eigenvalue weighted by Crippen LogP contribution is -2.34. The zero-order valence-electron chi connectivity index (χ0n) is 9.16. The van der Waals surface area contributed by atoms with E-state index in [-0.39, 0.29) is 24.2 Å². The Hall–Kier alpha value is -0.610. The Kier molecular flexibility index (Phi) is 4.05. The molecule has 0 aromatic heterocycles. The van der Waals surface area contributed by atoms with Crippen molar-refractivity contribution in [3.63, 3.8) is 0 Å². The van der Waals surface area contributed by atoms with Gasteiger partial charge in [0.25, 0.3) is 0 Å². The van der Waals surface area contributed by atoms with E-state index in [1.165, 1.54) is 0 Å². The van der Waals surface area contributed by atoms with Crippen LogP contribution in [-0.2, 0) is 16.0 Å². The fourth-order valence-corrected chi connectivity index (χ4v) is 2.44. The van der Waals surface area contributed by atoms with E-state index in [0.29, 0.717) is 28.8 Å². The second-order valence-electron chi connectivity index (χ2n) is 4.15. The van der Waals surface area contributed by atoms with Gasteiger partial charge in [-0.1, -0.05) is 29.3 Å². The van der Waals surface area contributed by atoms with Gasteiger partial charge in [-0.15, -0.1) is 0 Å². The third-order valence-corrected chi connectivity index (χ3v) is 3.66. The van der Waals surface area contributed by atoms with Gasteiger partial charge in [0.05, 0.1) is 19.1 Å². The van der Waals surface area contributed by atoms with E-state index in [0.717, 1.165) is 0 Å². The van der Waals surface area contributed by atoms with E-state index >= 15 is 0 Å². The summed E-state index contributed by atoms with van der Waals surface area (Å²) in [5, 5.41) is 1.02. The molecule has 0 amide bonds. The number of ketones is 1. The number of rotatable bonds is 3. The third-order valence-electron chi connectivity index (χ3n) is 2.95. The molecule has 0 aliphatic carbocycles. The van der Waals surface area contributed by atoms with E-state index < -0.39 is 0 Å². The number of benzene rings is 1. The van der Waals surface area contributed by atoms with Gasteiger partial charge in [-0.2, -0.15) is 0 Å². The molecule has 1 aliphatic rings. The number of Topliss-reactive ketones (excluding diaryl/α,β-unsaturated/α-hetero) is 1. The Morgan fingerprint density at radius 3 is 2.53 bits per heavy atom. The van der Waals surface area contributed by atoms with Crippen LogP contribution in [0.1, 0.15) is 5.56 Å². The molecule has 0 saturated carbocycles. The SMILES string of the molecule is NC1COCC1C(=O)Cc1c(Cl)cccc1Cl. The summed E-state index contributed by atoms with van der Waals surface area (Å²) in [6.45, 7) is 0.828. The first-order valence-electron chi connectivity index (χ1n) is 5.38. The molecule has 0 bridgehead atoms. The Balaban J connectivity index is 2.13. The second-order valence-corrected chi connectivity index (χ2v) is 4.97. The maximum Gasteiger partial charge on any atom is 0.144 e. The maximum atomic E-state index is 12.1. The number of nitrogens with two attached hydrogens (primary N) is 1. The zero-order valence-corrected chi connectivity index (χ0v) is 10.7. The first-order valence-corrected chi connectivity index (χ1v) is 6.14. The Morgan fingerprint density at radius 2 is 2.00 bits per heavy atom. The molecule has 2 atom stereocenters. The van der Waals surface area contributed by atoms with Crippen molar-refractivity contribution in [1.82, 2.24) is 0 Å². The van der Waals surface area contributed by atoms with Crippen LogP contribution < -0.4 is 5.73 Å². The average Bonchev–Trinajstić information content (AvgIpc) is 2.70. The molecule has 92 valence electrons. The van der Waals surface area contributed by atoms with Gasteiger partial charge in [-0.25, -0.2) is 0 Å². The highest BCUT2D eigenvalue weighted by molar-refractivity contribution is 6.36. The van der Waals surface area contributed by atoms with Gasteiger partial charge in [0.1, 0.15) is 5.78 Å². The molecule has 1 aromatic rings. The largest absolute Gasteiger partial charge is 0.379 e. The quantitative estimate of drug-likeness (QED) is 0.918. The minimum atomic E-state index is -0.248. The third kappa shape index (κ3) is 2.80. The van der Waals surface area contributed by atoms with Crippen LogP contribution in [-0.4, -0.2) is 25.0 Å². The average molecular weight is 274 g/mol. The molecule has 1 heterocycles. The Labute approximate surface area is 110 Å². The minimum Gasteiger partial charge on any atom is -0.379 e. The van der Waals surface area contributed by atoms with Gasteiger partial charge in [0.15, 0.2) is 0 Å². The van der Waals surface area contributed by atoms with Crippen molar-refractivity contribution in [2.45, 2.75) is 12.5 Å². The fourth-order valence-electron chi connectivity index (χ4n) is 1.91. The minimum absolute atomic E-state index is 0.0324. The van der Waals surface area contributed by atoms with Crippen LogP contribution in [0.4, 0.5) is 0 Å². The number of hydrogen-bond acceptors (Lipinski definition) is 3. The summed E-state index contributed by atoms with van der Waals surface area (Å²) in [4.78, 5) is 12.1. The molecule has 3 nitrogen and oxygen atoms in total. The van der Waals surface area contributed by atoms with Gasteiger partial charge in [-0.05, 0) is 17.7 Å². The van der Waals surface area contributed by atoms with Crippen LogP contribution in [0.5, 0.6) is 0 Å². The molecule has 5 heteroatoms. The van der Waals surface area contributed by atoms with Crippen LogP contribution in [0, 0.1) is 5.92 Å². The van der Waals surface area contributed by atoms with E-state index in [9.17, 15) is 4.79 Å². The molecule has 1 aliphatic heterocycles. The highest BCUT2D eigenvalue weighted by Gasteiger charge is 2.31. The van der Waals surface area contributed by atoms with E-state index in [1.54, 1.807) is 18.2 Å². The number of hydrogen-bond donors (Lipinski definition) is 1. The van der Waals surface area contributed by atoms with E-state index in [4.69, 9.17) is 33.7 Å². The fraction of sp³-hybridized carbons (Fsp3) is 0.417. The van der Waals surface area contributed by atoms with Crippen molar-refractivity contribution < 1.29 is 9.53 Å². The van der Waals surface area contributed by atoms with Gasteiger partial charge < -0.3 is 10.5 Å².